The highest BCUT2D eigenvalue weighted by Crippen LogP contribution is 2.41. The van der Waals surface area contributed by atoms with Crippen molar-refractivity contribution in [3.8, 4) is 22.3 Å². The van der Waals surface area contributed by atoms with Crippen molar-refractivity contribution in [2.24, 2.45) is 5.92 Å². The Hall–Kier alpha value is -3.30. The molecule has 0 saturated carbocycles. The fourth-order valence-electron chi connectivity index (χ4n) is 4.17. The van der Waals surface area contributed by atoms with Gasteiger partial charge in [-0.15, -0.1) is 0 Å². The van der Waals surface area contributed by atoms with Gasteiger partial charge in [-0.1, -0.05) is 38.1 Å². The van der Waals surface area contributed by atoms with E-state index in [4.69, 9.17) is 0 Å². The van der Waals surface area contributed by atoms with Gasteiger partial charge in [-0.25, -0.2) is 0 Å². The third kappa shape index (κ3) is 6.96. The van der Waals surface area contributed by atoms with E-state index in [-0.39, 0.29) is 34.5 Å². The summed E-state index contributed by atoms with van der Waals surface area (Å²) in [6.45, 7) is 5.02. The lowest BCUT2D eigenvalue weighted by atomic mass is 9.84. The van der Waals surface area contributed by atoms with Gasteiger partial charge in [-0.2, -0.15) is 39.5 Å². The molecule has 1 atom stereocenters. The Kier molecular flexibility index (Phi) is 8.05. The molecule has 0 unspecified atom stereocenters. The Balaban J connectivity index is 2.30. The van der Waals surface area contributed by atoms with Crippen molar-refractivity contribution in [1.82, 2.24) is 0 Å². The molecule has 0 amide bonds. The standard InChI is InChI=1S/C28H23F9O/c1-15(2)8-25(16(3)38)21-10-18(17-4-6-22(7-5-17)26(29,30)31)9-19(11-21)20-12-23(27(32,33)34)14-24(13-20)28(35,36)37/h4-7,9-15,25H,8H2,1-3H3/t25-/m1/s1. The van der Waals surface area contributed by atoms with Gasteiger partial charge < -0.3 is 0 Å². The molecule has 0 aliphatic rings. The maximum Gasteiger partial charge on any atom is 0.416 e. The number of hydrogen-bond acceptors (Lipinski definition) is 1. The van der Waals surface area contributed by atoms with Crippen LogP contribution in [0.4, 0.5) is 39.5 Å². The molecule has 0 aliphatic carbocycles. The lowest BCUT2D eigenvalue weighted by Crippen LogP contribution is -2.13. The minimum Gasteiger partial charge on any atom is -0.299 e. The number of ketones is 1. The van der Waals surface area contributed by atoms with E-state index >= 15 is 0 Å². The number of Topliss-reactive ketones (excluding diaryl/α,β-unsaturated/α-hetero) is 1. The first kappa shape index (κ1) is 29.3. The van der Waals surface area contributed by atoms with Crippen LogP contribution in [0.25, 0.3) is 22.3 Å². The summed E-state index contributed by atoms with van der Waals surface area (Å²) in [6.07, 6.45) is -14.4. The first-order chi connectivity index (χ1) is 17.4. The van der Waals surface area contributed by atoms with Crippen LogP contribution in [0.1, 0.15) is 55.4 Å². The smallest absolute Gasteiger partial charge is 0.299 e. The highest BCUT2D eigenvalue weighted by atomic mass is 19.4. The molecule has 0 aliphatic heterocycles. The van der Waals surface area contributed by atoms with Crippen molar-refractivity contribution in [2.75, 3.05) is 0 Å². The van der Waals surface area contributed by atoms with Crippen molar-refractivity contribution in [1.29, 1.82) is 0 Å². The number of alkyl halides is 9. The summed E-state index contributed by atoms with van der Waals surface area (Å²) in [5.41, 5.74) is -3.54. The second-order valence-corrected chi connectivity index (χ2v) is 9.51. The quantitative estimate of drug-likeness (QED) is 0.281. The number of halogens is 9. The second kappa shape index (κ2) is 10.5. The molecule has 0 saturated heterocycles. The maximum atomic E-state index is 13.5. The second-order valence-electron chi connectivity index (χ2n) is 9.51. The predicted octanol–water partition coefficient (Wildman–Crippen LogP) is 9.80. The van der Waals surface area contributed by atoms with Crippen molar-refractivity contribution in [2.45, 2.75) is 51.6 Å². The van der Waals surface area contributed by atoms with E-state index in [1.807, 2.05) is 13.8 Å². The zero-order valence-corrected chi connectivity index (χ0v) is 20.4. The highest BCUT2D eigenvalue weighted by molar-refractivity contribution is 5.85. The Bertz CT molecular complexity index is 1270. The van der Waals surface area contributed by atoms with Crippen LogP contribution in [0, 0.1) is 5.92 Å². The summed E-state index contributed by atoms with van der Waals surface area (Å²) in [5.74, 6) is -0.974. The van der Waals surface area contributed by atoms with Gasteiger partial charge in [0.1, 0.15) is 5.78 Å². The molecule has 10 heteroatoms. The van der Waals surface area contributed by atoms with Gasteiger partial charge in [-0.05, 0) is 83.5 Å². The Labute approximate surface area is 213 Å². The van der Waals surface area contributed by atoms with Crippen LogP contribution in [-0.2, 0) is 23.3 Å². The van der Waals surface area contributed by atoms with E-state index in [9.17, 15) is 44.3 Å². The predicted molar refractivity (Wildman–Crippen MR) is 125 cm³/mol. The van der Waals surface area contributed by atoms with Gasteiger partial charge in [0, 0.05) is 5.92 Å². The Morgan fingerprint density at radius 2 is 1.03 bits per heavy atom. The van der Waals surface area contributed by atoms with Crippen molar-refractivity contribution in [3.63, 3.8) is 0 Å². The molecule has 0 fully saturated rings. The van der Waals surface area contributed by atoms with Crippen LogP contribution in [0.5, 0.6) is 0 Å². The van der Waals surface area contributed by atoms with Crippen molar-refractivity contribution >= 4 is 5.78 Å². The zero-order chi connectivity index (χ0) is 28.6. The van der Waals surface area contributed by atoms with Crippen molar-refractivity contribution < 1.29 is 44.3 Å². The van der Waals surface area contributed by atoms with Crippen LogP contribution < -0.4 is 0 Å². The summed E-state index contributed by atoms with van der Waals surface area (Å²) >= 11 is 0. The molecule has 0 N–H and O–H groups in total. The third-order valence-electron chi connectivity index (χ3n) is 6.02. The molecule has 0 spiro atoms. The van der Waals surface area contributed by atoms with Crippen LogP contribution in [-0.4, -0.2) is 5.78 Å². The lowest BCUT2D eigenvalue weighted by Gasteiger charge is -2.20. The van der Waals surface area contributed by atoms with E-state index in [0.717, 1.165) is 24.3 Å². The minimum absolute atomic E-state index is 0.0151. The van der Waals surface area contributed by atoms with Gasteiger partial charge in [0.2, 0.25) is 0 Å². The van der Waals surface area contributed by atoms with Gasteiger partial charge in [0.05, 0.1) is 16.7 Å². The van der Waals surface area contributed by atoms with E-state index in [2.05, 4.69) is 0 Å². The van der Waals surface area contributed by atoms with Crippen LogP contribution in [0.3, 0.4) is 0 Å². The molecule has 204 valence electrons. The lowest BCUT2D eigenvalue weighted by molar-refractivity contribution is -0.143. The number of benzene rings is 3. The number of carbonyl (C=O) groups is 1. The molecule has 0 bridgehead atoms. The van der Waals surface area contributed by atoms with Gasteiger partial charge in [-0.3, -0.25) is 4.79 Å². The average Bonchev–Trinajstić information content (AvgIpc) is 2.80. The summed E-state index contributed by atoms with van der Waals surface area (Å²) in [7, 11) is 0. The summed E-state index contributed by atoms with van der Waals surface area (Å²) in [6, 6.07) is 9.32. The molecule has 0 heterocycles. The third-order valence-corrected chi connectivity index (χ3v) is 6.02. The number of hydrogen-bond donors (Lipinski definition) is 0. The first-order valence-electron chi connectivity index (χ1n) is 11.5. The molecule has 3 rings (SSSR count). The van der Waals surface area contributed by atoms with Crippen LogP contribution in [0.15, 0.2) is 60.7 Å². The van der Waals surface area contributed by atoms with Crippen LogP contribution >= 0.6 is 0 Å². The fourth-order valence-corrected chi connectivity index (χ4v) is 4.17. The molecule has 1 nitrogen and oxygen atoms in total. The van der Waals surface area contributed by atoms with Crippen LogP contribution in [0.2, 0.25) is 0 Å². The van der Waals surface area contributed by atoms with Gasteiger partial charge in [0.25, 0.3) is 0 Å². The molecule has 0 aromatic heterocycles. The Morgan fingerprint density at radius 1 is 0.605 bits per heavy atom. The molecular formula is C28H23F9O. The number of carbonyl (C=O) groups excluding carboxylic acids is 1. The van der Waals surface area contributed by atoms with Gasteiger partial charge in [0.15, 0.2) is 0 Å². The SMILES string of the molecule is CC(=O)[C@@H](CC(C)C)c1cc(-c2ccc(C(F)(F)F)cc2)cc(-c2cc(C(F)(F)F)cc(C(F)(F)F)c2)c1. The first-order valence-corrected chi connectivity index (χ1v) is 11.5. The summed E-state index contributed by atoms with van der Waals surface area (Å²) in [4.78, 5) is 12.5. The molecule has 3 aromatic rings. The van der Waals surface area contributed by atoms with E-state index in [1.165, 1.54) is 25.1 Å². The molecular weight excluding hydrogens is 523 g/mol. The summed E-state index contributed by atoms with van der Waals surface area (Å²) < 4.78 is 120. The summed E-state index contributed by atoms with van der Waals surface area (Å²) in [5, 5.41) is 0. The van der Waals surface area contributed by atoms with E-state index < -0.39 is 46.7 Å². The van der Waals surface area contributed by atoms with Gasteiger partial charge >= 0.3 is 18.5 Å². The zero-order valence-electron chi connectivity index (χ0n) is 20.4. The number of rotatable bonds is 6. The van der Waals surface area contributed by atoms with Crippen molar-refractivity contribution in [3.05, 3.63) is 82.9 Å². The molecule has 0 radical (unpaired) electrons. The largest absolute Gasteiger partial charge is 0.416 e. The fraction of sp³-hybridized carbons (Fsp3) is 0.321. The van der Waals surface area contributed by atoms with E-state index in [1.54, 1.807) is 0 Å². The Morgan fingerprint density at radius 3 is 1.42 bits per heavy atom. The van der Waals surface area contributed by atoms with E-state index in [0.29, 0.717) is 24.1 Å². The maximum absolute atomic E-state index is 13.5. The highest BCUT2D eigenvalue weighted by Gasteiger charge is 2.37. The molecule has 38 heavy (non-hydrogen) atoms. The minimum atomic E-state index is -5.07. The average molecular weight is 546 g/mol. The molecule has 3 aromatic carbocycles. The topological polar surface area (TPSA) is 17.1 Å². The monoisotopic (exact) mass is 546 g/mol. The normalized spacial score (nSPS) is 13.6.